The Morgan fingerprint density at radius 3 is 2.32 bits per heavy atom. The molecular formula is C19H20FNO. The predicted octanol–water partition coefficient (Wildman–Crippen LogP) is 3.61. The first-order chi connectivity index (χ1) is 10.7. The Balaban J connectivity index is 1.63. The van der Waals surface area contributed by atoms with E-state index in [1.807, 2.05) is 18.2 Å². The van der Waals surface area contributed by atoms with Crippen LogP contribution in [0, 0.1) is 5.82 Å². The topological polar surface area (TPSA) is 29.1 Å². The van der Waals surface area contributed by atoms with Gasteiger partial charge < -0.3 is 5.32 Å². The van der Waals surface area contributed by atoms with Crippen molar-refractivity contribution in [2.24, 2.45) is 0 Å². The smallest absolute Gasteiger partial charge is 0.230 e. The van der Waals surface area contributed by atoms with Crippen LogP contribution in [0.25, 0.3) is 0 Å². The van der Waals surface area contributed by atoms with Gasteiger partial charge in [-0.3, -0.25) is 4.79 Å². The summed E-state index contributed by atoms with van der Waals surface area (Å²) in [4.78, 5) is 12.6. The molecule has 1 fully saturated rings. The largest absolute Gasteiger partial charge is 0.355 e. The Labute approximate surface area is 130 Å². The fourth-order valence-electron chi connectivity index (χ4n) is 3.08. The van der Waals surface area contributed by atoms with Crippen molar-refractivity contribution in [3.05, 3.63) is 71.5 Å². The van der Waals surface area contributed by atoms with Gasteiger partial charge in [-0.2, -0.15) is 0 Å². The lowest BCUT2D eigenvalue weighted by atomic mass is 9.64. The molecule has 1 N–H and O–H groups in total. The number of hydrogen-bond donors (Lipinski definition) is 1. The van der Waals surface area contributed by atoms with Crippen molar-refractivity contribution in [3.63, 3.8) is 0 Å². The van der Waals surface area contributed by atoms with Crippen molar-refractivity contribution in [2.75, 3.05) is 6.54 Å². The number of hydrogen-bond acceptors (Lipinski definition) is 1. The zero-order valence-corrected chi connectivity index (χ0v) is 12.5. The SMILES string of the molecule is O=C(NCCc1ccccc1)C1(c2ccc(F)cc2)CCC1. The lowest BCUT2D eigenvalue weighted by Gasteiger charge is -2.40. The maximum Gasteiger partial charge on any atom is 0.230 e. The average Bonchev–Trinajstić information content (AvgIpc) is 2.49. The standard InChI is InChI=1S/C19H20FNO/c20-17-9-7-16(8-10-17)19(12-4-13-19)18(22)21-14-11-15-5-2-1-3-6-15/h1-3,5-10H,4,11-14H2,(H,21,22). The van der Waals surface area contributed by atoms with Gasteiger partial charge in [0.15, 0.2) is 0 Å². The highest BCUT2D eigenvalue weighted by Gasteiger charge is 2.45. The lowest BCUT2D eigenvalue weighted by molar-refractivity contribution is -0.129. The molecule has 2 nitrogen and oxygen atoms in total. The van der Waals surface area contributed by atoms with Crippen LogP contribution in [0.5, 0.6) is 0 Å². The molecule has 0 atom stereocenters. The van der Waals surface area contributed by atoms with E-state index in [4.69, 9.17) is 0 Å². The third-order valence-corrected chi connectivity index (χ3v) is 4.58. The van der Waals surface area contributed by atoms with E-state index in [0.717, 1.165) is 31.2 Å². The van der Waals surface area contributed by atoms with Crippen LogP contribution in [-0.2, 0) is 16.6 Å². The molecule has 3 heteroatoms. The quantitative estimate of drug-likeness (QED) is 0.897. The highest BCUT2D eigenvalue weighted by Crippen LogP contribution is 2.43. The second-order valence-electron chi connectivity index (χ2n) is 5.93. The molecule has 0 unspecified atom stereocenters. The van der Waals surface area contributed by atoms with Crippen LogP contribution in [-0.4, -0.2) is 12.5 Å². The lowest BCUT2D eigenvalue weighted by Crippen LogP contribution is -2.49. The predicted molar refractivity (Wildman–Crippen MR) is 85.1 cm³/mol. The Bertz CT molecular complexity index is 632. The molecule has 2 aromatic carbocycles. The summed E-state index contributed by atoms with van der Waals surface area (Å²) in [6.07, 6.45) is 3.56. The minimum atomic E-state index is -0.454. The number of benzene rings is 2. The Hall–Kier alpha value is -2.16. The summed E-state index contributed by atoms with van der Waals surface area (Å²) in [5.74, 6) is -0.191. The number of carbonyl (C=O) groups is 1. The van der Waals surface area contributed by atoms with Gasteiger partial charge >= 0.3 is 0 Å². The first-order valence-corrected chi connectivity index (χ1v) is 7.79. The van der Waals surface area contributed by atoms with Crippen molar-refractivity contribution >= 4 is 5.91 Å². The minimum Gasteiger partial charge on any atom is -0.355 e. The molecule has 1 amide bonds. The van der Waals surface area contributed by atoms with E-state index in [0.29, 0.717) is 6.54 Å². The highest BCUT2D eigenvalue weighted by molar-refractivity contribution is 5.89. The Morgan fingerprint density at radius 2 is 1.73 bits per heavy atom. The van der Waals surface area contributed by atoms with Gasteiger partial charge in [0.05, 0.1) is 5.41 Å². The Kier molecular flexibility index (Phi) is 4.23. The second kappa shape index (κ2) is 6.30. The number of halogens is 1. The molecule has 0 aromatic heterocycles. The number of nitrogens with one attached hydrogen (secondary N) is 1. The van der Waals surface area contributed by atoms with Crippen molar-refractivity contribution in [1.29, 1.82) is 0 Å². The molecule has 2 aromatic rings. The molecule has 1 saturated carbocycles. The molecule has 3 rings (SSSR count). The molecule has 0 spiro atoms. The van der Waals surface area contributed by atoms with E-state index in [-0.39, 0.29) is 11.7 Å². The fraction of sp³-hybridized carbons (Fsp3) is 0.316. The molecule has 0 radical (unpaired) electrons. The molecule has 0 saturated heterocycles. The monoisotopic (exact) mass is 297 g/mol. The molecule has 0 heterocycles. The van der Waals surface area contributed by atoms with Crippen LogP contribution in [0.3, 0.4) is 0 Å². The summed E-state index contributed by atoms with van der Waals surface area (Å²) in [5.41, 5.74) is 1.69. The second-order valence-corrected chi connectivity index (χ2v) is 5.93. The Morgan fingerprint density at radius 1 is 1.05 bits per heavy atom. The van der Waals surface area contributed by atoms with Crippen LogP contribution in [0.4, 0.5) is 4.39 Å². The van der Waals surface area contributed by atoms with Crippen LogP contribution in [0.15, 0.2) is 54.6 Å². The molecule has 0 bridgehead atoms. The summed E-state index contributed by atoms with van der Waals surface area (Å²) in [7, 11) is 0. The summed E-state index contributed by atoms with van der Waals surface area (Å²) >= 11 is 0. The van der Waals surface area contributed by atoms with Crippen molar-refractivity contribution in [1.82, 2.24) is 5.32 Å². The first kappa shape index (κ1) is 14.8. The van der Waals surface area contributed by atoms with Crippen LogP contribution in [0.1, 0.15) is 30.4 Å². The van der Waals surface area contributed by atoms with Crippen LogP contribution < -0.4 is 5.32 Å². The van der Waals surface area contributed by atoms with Gasteiger partial charge in [0, 0.05) is 6.54 Å². The van der Waals surface area contributed by atoms with E-state index in [1.165, 1.54) is 17.7 Å². The zero-order chi connectivity index (χ0) is 15.4. The van der Waals surface area contributed by atoms with Gasteiger partial charge in [-0.05, 0) is 42.5 Å². The van der Waals surface area contributed by atoms with E-state index in [9.17, 15) is 9.18 Å². The first-order valence-electron chi connectivity index (χ1n) is 7.79. The van der Waals surface area contributed by atoms with Crippen molar-refractivity contribution < 1.29 is 9.18 Å². The zero-order valence-electron chi connectivity index (χ0n) is 12.5. The molecule has 22 heavy (non-hydrogen) atoms. The highest BCUT2D eigenvalue weighted by atomic mass is 19.1. The van der Waals surface area contributed by atoms with Gasteiger partial charge in [0.25, 0.3) is 0 Å². The molecule has 1 aliphatic carbocycles. The molecule has 114 valence electrons. The summed E-state index contributed by atoms with van der Waals surface area (Å²) in [6.45, 7) is 0.631. The van der Waals surface area contributed by atoms with Crippen molar-refractivity contribution in [2.45, 2.75) is 31.1 Å². The molecular weight excluding hydrogens is 277 g/mol. The normalized spacial score (nSPS) is 15.9. The fourth-order valence-corrected chi connectivity index (χ4v) is 3.08. The van der Waals surface area contributed by atoms with Gasteiger partial charge in [-0.1, -0.05) is 48.9 Å². The van der Waals surface area contributed by atoms with Crippen LogP contribution in [0.2, 0.25) is 0 Å². The van der Waals surface area contributed by atoms with E-state index in [1.54, 1.807) is 12.1 Å². The summed E-state index contributed by atoms with van der Waals surface area (Å²) in [5, 5.41) is 3.05. The summed E-state index contributed by atoms with van der Waals surface area (Å²) in [6, 6.07) is 16.5. The maximum absolute atomic E-state index is 13.1. The molecule has 0 aliphatic heterocycles. The van der Waals surface area contributed by atoms with Gasteiger partial charge in [-0.25, -0.2) is 4.39 Å². The molecule has 1 aliphatic rings. The van der Waals surface area contributed by atoms with E-state index >= 15 is 0 Å². The minimum absolute atomic E-state index is 0.0706. The average molecular weight is 297 g/mol. The number of amides is 1. The maximum atomic E-state index is 13.1. The number of rotatable bonds is 5. The van der Waals surface area contributed by atoms with Gasteiger partial charge in [0.1, 0.15) is 5.82 Å². The van der Waals surface area contributed by atoms with E-state index < -0.39 is 5.41 Å². The summed E-state index contributed by atoms with van der Waals surface area (Å²) < 4.78 is 13.1. The number of carbonyl (C=O) groups excluding carboxylic acids is 1. The van der Waals surface area contributed by atoms with Crippen LogP contribution >= 0.6 is 0 Å². The van der Waals surface area contributed by atoms with E-state index in [2.05, 4.69) is 17.4 Å². The van der Waals surface area contributed by atoms with Crippen molar-refractivity contribution in [3.8, 4) is 0 Å². The third-order valence-electron chi connectivity index (χ3n) is 4.58. The van der Waals surface area contributed by atoms with Gasteiger partial charge in [0.2, 0.25) is 5.91 Å². The van der Waals surface area contributed by atoms with Gasteiger partial charge in [-0.15, -0.1) is 0 Å². The third kappa shape index (κ3) is 2.89.